The third-order valence-electron chi connectivity index (χ3n) is 3.16. The van der Waals surface area contributed by atoms with E-state index in [2.05, 4.69) is 15.3 Å². The number of hydrogen-bond donors (Lipinski definition) is 2. The van der Waals surface area contributed by atoms with E-state index in [-0.39, 0.29) is 6.10 Å². The number of aromatic nitrogens is 2. The van der Waals surface area contributed by atoms with Crippen LogP contribution in [-0.4, -0.2) is 53.6 Å². The van der Waals surface area contributed by atoms with Crippen LogP contribution >= 0.6 is 0 Å². The first-order valence-electron chi connectivity index (χ1n) is 7.10. The molecule has 1 aliphatic heterocycles. The van der Waals surface area contributed by atoms with E-state index in [1.165, 1.54) is 0 Å². The highest BCUT2D eigenvalue weighted by molar-refractivity contribution is 5.00. The van der Waals surface area contributed by atoms with Gasteiger partial charge in [-0.3, -0.25) is 0 Å². The molecule has 2 N–H and O–H groups in total. The molecule has 112 valence electrons. The number of nitrogens with one attached hydrogen (secondary N) is 1. The van der Waals surface area contributed by atoms with Crippen molar-refractivity contribution < 1.29 is 14.6 Å². The van der Waals surface area contributed by atoms with Gasteiger partial charge in [-0.15, -0.1) is 0 Å². The molecule has 0 saturated carbocycles. The first kappa shape index (κ1) is 15.3. The first-order chi connectivity index (χ1) is 9.74. The standard InChI is InChI=1S/C14H23N3O3/c1-11-16-5-4-12(17-11)7-15-8-13(18)9-19-10-14-3-2-6-20-14/h4-5,13-15,18H,2-3,6-10H2,1H3. The Morgan fingerprint density at radius 3 is 3.25 bits per heavy atom. The lowest BCUT2D eigenvalue weighted by molar-refractivity contribution is -0.0164. The Morgan fingerprint density at radius 1 is 1.60 bits per heavy atom. The summed E-state index contributed by atoms with van der Waals surface area (Å²) in [5.74, 6) is 0.754. The van der Waals surface area contributed by atoms with Crippen molar-refractivity contribution in [2.45, 2.75) is 38.5 Å². The second-order valence-corrected chi connectivity index (χ2v) is 5.05. The topological polar surface area (TPSA) is 76.5 Å². The molecular weight excluding hydrogens is 258 g/mol. The van der Waals surface area contributed by atoms with Crippen molar-refractivity contribution in [1.29, 1.82) is 0 Å². The maximum Gasteiger partial charge on any atom is 0.125 e. The van der Waals surface area contributed by atoms with Gasteiger partial charge in [0.05, 0.1) is 31.1 Å². The van der Waals surface area contributed by atoms with Crippen LogP contribution < -0.4 is 5.32 Å². The summed E-state index contributed by atoms with van der Waals surface area (Å²) in [5.41, 5.74) is 0.921. The fraction of sp³-hybridized carbons (Fsp3) is 0.714. The fourth-order valence-corrected chi connectivity index (χ4v) is 2.14. The van der Waals surface area contributed by atoms with Crippen molar-refractivity contribution in [3.8, 4) is 0 Å². The molecule has 2 unspecified atom stereocenters. The highest BCUT2D eigenvalue weighted by atomic mass is 16.5. The minimum atomic E-state index is -0.515. The van der Waals surface area contributed by atoms with E-state index in [0.717, 1.165) is 31.0 Å². The molecule has 1 aromatic heterocycles. The summed E-state index contributed by atoms with van der Waals surface area (Å²) in [6.45, 7) is 4.69. The SMILES string of the molecule is Cc1nccc(CNCC(O)COCC2CCCO2)n1. The highest BCUT2D eigenvalue weighted by Crippen LogP contribution is 2.11. The number of aliphatic hydroxyl groups excluding tert-OH is 1. The Labute approximate surface area is 119 Å². The van der Waals surface area contributed by atoms with Crippen LogP contribution in [0.3, 0.4) is 0 Å². The average Bonchev–Trinajstić information content (AvgIpc) is 2.92. The molecule has 0 aromatic carbocycles. The molecule has 2 rings (SSSR count). The minimum Gasteiger partial charge on any atom is -0.389 e. The Morgan fingerprint density at radius 2 is 2.50 bits per heavy atom. The summed E-state index contributed by atoms with van der Waals surface area (Å²) in [5, 5.41) is 13.0. The smallest absolute Gasteiger partial charge is 0.125 e. The zero-order chi connectivity index (χ0) is 14.2. The lowest BCUT2D eigenvalue weighted by Crippen LogP contribution is -2.31. The predicted octanol–water partition coefficient (Wildman–Crippen LogP) is 0.431. The van der Waals surface area contributed by atoms with Crippen LogP contribution in [0.5, 0.6) is 0 Å². The molecule has 1 saturated heterocycles. The molecule has 1 aromatic rings. The van der Waals surface area contributed by atoms with Gasteiger partial charge in [-0.1, -0.05) is 0 Å². The maximum absolute atomic E-state index is 9.79. The third-order valence-corrected chi connectivity index (χ3v) is 3.16. The average molecular weight is 281 g/mol. The lowest BCUT2D eigenvalue weighted by atomic mass is 10.2. The van der Waals surface area contributed by atoms with Crippen LogP contribution in [-0.2, 0) is 16.0 Å². The Hall–Kier alpha value is -1.08. The van der Waals surface area contributed by atoms with E-state index < -0.39 is 6.10 Å². The van der Waals surface area contributed by atoms with E-state index in [4.69, 9.17) is 9.47 Å². The summed E-state index contributed by atoms with van der Waals surface area (Å²) in [6, 6.07) is 1.86. The number of ether oxygens (including phenoxy) is 2. The maximum atomic E-state index is 9.79. The van der Waals surface area contributed by atoms with Crippen molar-refractivity contribution >= 4 is 0 Å². The van der Waals surface area contributed by atoms with Crippen LogP contribution in [0.25, 0.3) is 0 Å². The Kier molecular flexibility index (Phi) is 6.32. The summed E-state index contributed by atoms with van der Waals surface area (Å²) < 4.78 is 10.9. The summed E-state index contributed by atoms with van der Waals surface area (Å²) in [7, 11) is 0. The molecule has 2 heterocycles. The summed E-state index contributed by atoms with van der Waals surface area (Å²) in [6.07, 6.45) is 3.59. The molecule has 6 nitrogen and oxygen atoms in total. The monoisotopic (exact) mass is 281 g/mol. The number of hydrogen-bond acceptors (Lipinski definition) is 6. The van der Waals surface area contributed by atoms with E-state index in [9.17, 15) is 5.11 Å². The lowest BCUT2D eigenvalue weighted by Gasteiger charge is -2.14. The van der Waals surface area contributed by atoms with Crippen LogP contribution in [0.1, 0.15) is 24.4 Å². The molecule has 0 aliphatic carbocycles. The third kappa shape index (κ3) is 5.50. The van der Waals surface area contributed by atoms with E-state index in [0.29, 0.717) is 26.3 Å². The van der Waals surface area contributed by atoms with Crippen LogP contribution in [0.2, 0.25) is 0 Å². The fourth-order valence-electron chi connectivity index (χ4n) is 2.14. The molecule has 20 heavy (non-hydrogen) atoms. The molecule has 0 bridgehead atoms. The quantitative estimate of drug-likeness (QED) is 0.720. The molecule has 0 radical (unpaired) electrons. The number of aliphatic hydroxyl groups is 1. The van der Waals surface area contributed by atoms with Crippen molar-refractivity contribution in [2.24, 2.45) is 0 Å². The van der Waals surface area contributed by atoms with E-state index >= 15 is 0 Å². The number of nitrogens with zero attached hydrogens (tertiary/aromatic N) is 2. The van der Waals surface area contributed by atoms with Crippen LogP contribution in [0.15, 0.2) is 12.3 Å². The number of rotatable bonds is 8. The Bertz CT molecular complexity index is 397. The predicted molar refractivity (Wildman–Crippen MR) is 74.3 cm³/mol. The van der Waals surface area contributed by atoms with Gasteiger partial charge >= 0.3 is 0 Å². The van der Waals surface area contributed by atoms with Gasteiger partial charge in [-0.2, -0.15) is 0 Å². The minimum absolute atomic E-state index is 0.208. The molecule has 2 atom stereocenters. The number of aryl methyl sites for hydroxylation is 1. The second-order valence-electron chi connectivity index (χ2n) is 5.05. The van der Waals surface area contributed by atoms with Crippen molar-refractivity contribution in [3.63, 3.8) is 0 Å². The van der Waals surface area contributed by atoms with Gasteiger partial charge in [-0.05, 0) is 25.8 Å². The van der Waals surface area contributed by atoms with Gasteiger partial charge in [-0.25, -0.2) is 9.97 Å². The van der Waals surface area contributed by atoms with Gasteiger partial charge in [0.15, 0.2) is 0 Å². The van der Waals surface area contributed by atoms with Crippen LogP contribution in [0, 0.1) is 6.92 Å². The zero-order valence-corrected chi connectivity index (χ0v) is 11.9. The van der Waals surface area contributed by atoms with Crippen molar-refractivity contribution in [2.75, 3.05) is 26.4 Å². The van der Waals surface area contributed by atoms with E-state index in [1.54, 1.807) is 6.20 Å². The van der Waals surface area contributed by atoms with Gasteiger partial charge < -0.3 is 19.9 Å². The Balaban J connectivity index is 1.54. The molecule has 1 aliphatic rings. The van der Waals surface area contributed by atoms with Gasteiger partial charge in [0.25, 0.3) is 0 Å². The van der Waals surface area contributed by atoms with Gasteiger partial charge in [0, 0.05) is 25.9 Å². The zero-order valence-electron chi connectivity index (χ0n) is 11.9. The first-order valence-corrected chi connectivity index (χ1v) is 7.10. The molecule has 6 heteroatoms. The largest absolute Gasteiger partial charge is 0.389 e. The normalized spacial score (nSPS) is 20.2. The molecule has 0 amide bonds. The molecule has 0 spiro atoms. The highest BCUT2D eigenvalue weighted by Gasteiger charge is 2.16. The summed E-state index contributed by atoms with van der Waals surface area (Å²) >= 11 is 0. The van der Waals surface area contributed by atoms with Gasteiger partial charge in [0.2, 0.25) is 0 Å². The molecular formula is C14H23N3O3. The van der Waals surface area contributed by atoms with Gasteiger partial charge in [0.1, 0.15) is 5.82 Å². The van der Waals surface area contributed by atoms with Crippen molar-refractivity contribution in [3.05, 3.63) is 23.8 Å². The van der Waals surface area contributed by atoms with Crippen LogP contribution in [0.4, 0.5) is 0 Å². The van der Waals surface area contributed by atoms with E-state index in [1.807, 2.05) is 13.0 Å². The molecule has 1 fully saturated rings. The van der Waals surface area contributed by atoms with Crippen molar-refractivity contribution in [1.82, 2.24) is 15.3 Å². The second kappa shape index (κ2) is 8.26. The summed E-state index contributed by atoms with van der Waals surface area (Å²) in [4.78, 5) is 8.32.